The topological polar surface area (TPSA) is 111 Å². The molecule has 0 fully saturated rings. The lowest BCUT2D eigenvalue weighted by atomic mass is 10.1. The molecule has 0 atom stereocenters. The molecule has 2 aromatic carbocycles. The van der Waals surface area contributed by atoms with Gasteiger partial charge in [0.05, 0.1) is 23.4 Å². The van der Waals surface area contributed by atoms with Gasteiger partial charge >= 0.3 is 0 Å². The molecule has 0 aliphatic carbocycles. The van der Waals surface area contributed by atoms with E-state index in [9.17, 15) is 9.59 Å². The Morgan fingerprint density at radius 1 is 1.17 bits per heavy atom. The zero-order chi connectivity index (χ0) is 21.5. The Bertz CT molecular complexity index is 1030. The predicted molar refractivity (Wildman–Crippen MR) is 112 cm³/mol. The van der Waals surface area contributed by atoms with Crippen LogP contribution in [0.1, 0.15) is 23.2 Å². The number of ether oxygens (including phenoxy) is 1. The minimum absolute atomic E-state index is 0.155. The molecule has 1 aromatic heterocycles. The molecule has 0 aliphatic rings. The van der Waals surface area contributed by atoms with E-state index in [0.29, 0.717) is 35.1 Å². The minimum Gasteiger partial charge on any atom is -0.496 e. The summed E-state index contributed by atoms with van der Waals surface area (Å²) in [5, 5.41) is 17.3. The van der Waals surface area contributed by atoms with Gasteiger partial charge in [0.15, 0.2) is 0 Å². The summed E-state index contributed by atoms with van der Waals surface area (Å²) in [6.07, 6.45) is 2.10. The number of hydrogen-bond donors (Lipinski definition) is 2. The second-order valence-corrected chi connectivity index (χ2v) is 7.02. The Morgan fingerprint density at radius 2 is 1.93 bits per heavy atom. The lowest BCUT2D eigenvalue weighted by molar-refractivity contribution is -0.116. The highest BCUT2D eigenvalue weighted by Crippen LogP contribution is 2.29. The van der Waals surface area contributed by atoms with Gasteiger partial charge in [-0.3, -0.25) is 9.59 Å². The van der Waals surface area contributed by atoms with Gasteiger partial charge in [0, 0.05) is 29.7 Å². The number of nitrogens with zero attached hydrogens (tertiary/aromatic N) is 4. The van der Waals surface area contributed by atoms with Crippen molar-refractivity contribution in [3.05, 3.63) is 58.3 Å². The molecular weight excluding hydrogens is 431 g/mol. The van der Waals surface area contributed by atoms with E-state index in [4.69, 9.17) is 27.9 Å². The molecule has 0 radical (unpaired) electrons. The summed E-state index contributed by atoms with van der Waals surface area (Å²) in [7, 11) is 1.45. The lowest BCUT2D eigenvalue weighted by Crippen LogP contribution is -2.26. The standard InChI is InChI=1S/C19H18Cl2N6O3/c1-30-17-10-16(27-11-23-25-26-27)15(21)9-14(17)19(29)22-8-2-3-18(28)24-13-6-4-12(20)5-7-13/h4-7,9-11H,2-3,8H2,1H3,(H,22,29)(H,24,28). The van der Waals surface area contributed by atoms with E-state index in [2.05, 4.69) is 26.2 Å². The number of methoxy groups -OCH3 is 1. The third-order valence-electron chi connectivity index (χ3n) is 4.10. The van der Waals surface area contributed by atoms with Crippen LogP contribution in [0.25, 0.3) is 5.69 Å². The van der Waals surface area contributed by atoms with Crippen LogP contribution in [0.5, 0.6) is 5.75 Å². The predicted octanol–water partition coefficient (Wildman–Crippen LogP) is 3.13. The van der Waals surface area contributed by atoms with Crippen molar-refractivity contribution in [2.75, 3.05) is 19.0 Å². The average Bonchev–Trinajstić information content (AvgIpc) is 3.27. The van der Waals surface area contributed by atoms with Crippen LogP contribution in [-0.2, 0) is 4.79 Å². The van der Waals surface area contributed by atoms with Gasteiger partial charge in [-0.05, 0) is 47.2 Å². The summed E-state index contributed by atoms with van der Waals surface area (Å²) in [6, 6.07) is 9.89. The first-order valence-electron chi connectivity index (χ1n) is 8.92. The van der Waals surface area contributed by atoms with Crippen molar-refractivity contribution >= 4 is 40.7 Å². The van der Waals surface area contributed by atoms with E-state index < -0.39 is 0 Å². The Morgan fingerprint density at radius 3 is 2.60 bits per heavy atom. The van der Waals surface area contributed by atoms with Crippen molar-refractivity contribution in [2.24, 2.45) is 0 Å². The second-order valence-electron chi connectivity index (χ2n) is 6.17. The SMILES string of the molecule is COc1cc(-n2cnnn2)c(Cl)cc1C(=O)NCCCC(=O)Nc1ccc(Cl)cc1. The fraction of sp³-hybridized carbons (Fsp3) is 0.211. The number of hydrogen-bond acceptors (Lipinski definition) is 6. The van der Waals surface area contributed by atoms with Crippen molar-refractivity contribution < 1.29 is 14.3 Å². The zero-order valence-electron chi connectivity index (χ0n) is 15.9. The number of aromatic nitrogens is 4. The van der Waals surface area contributed by atoms with E-state index in [-0.39, 0.29) is 28.8 Å². The number of nitrogens with one attached hydrogen (secondary N) is 2. The van der Waals surface area contributed by atoms with Crippen LogP contribution in [0.15, 0.2) is 42.7 Å². The van der Waals surface area contributed by atoms with E-state index >= 15 is 0 Å². The molecule has 156 valence electrons. The molecule has 0 bridgehead atoms. The van der Waals surface area contributed by atoms with Crippen molar-refractivity contribution in [2.45, 2.75) is 12.8 Å². The number of carbonyl (C=O) groups is 2. The molecule has 3 rings (SSSR count). The summed E-state index contributed by atoms with van der Waals surface area (Å²) >= 11 is 12.1. The molecule has 9 nitrogen and oxygen atoms in total. The molecule has 3 aromatic rings. The Balaban J connectivity index is 1.54. The van der Waals surface area contributed by atoms with Crippen LogP contribution < -0.4 is 15.4 Å². The zero-order valence-corrected chi connectivity index (χ0v) is 17.4. The van der Waals surface area contributed by atoms with Gasteiger partial charge in [-0.1, -0.05) is 23.2 Å². The van der Waals surface area contributed by atoms with E-state index in [1.807, 2.05) is 0 Å². The number of amides is 2. The fourth-order valence-corrected chi connectivity index (χ4v) is 3.02. The Kier molecular flexibility index (Phi) is 7.21. The molecule has 2 N–H and O–H groups in total. The number of halogens is 2. The fourth-order valence-electron chi connectivity index (χ4n) is 2.64. The summed E-state index contributed by atoms with van der Waals surface area (Å²) in [6.45, 7) is 0.308. The van der Waals surface area contributed by atoms with Gasteiger partial charge in [-0.2, -0.15) is 4.68 Å². The first kappa shape index (κ1) is 21.5. The molecule has 0 saturated carbocycles. The van der Waals surface area contributed by atoms with Crippen molar-refractivity contribution in [3.63, 3.8) is 0 Å². The lowest BCUT2D eigenvalue weighted by Gasteiger charge is -2.12. The molecule has 0 saturated heterocycles. The molecule has 30 heavy (non-hydrogen) atoms. The third kappa shape index (κ3) is 5.46. The van der Waals surface area contributed by atoms with Crippen LogP contribution in [-0.4, -0.2) is 45.7 Å². The second kappa shape index (κ2) is 10.0. The van der Waals surface area contributed by atoms with Gasteiger partial charge in [-0.25, -0.2) is 0 Å². The van der Waals surface area contributed by atoms with Gasteiger partial charge in [0.25, 0.3) is 5.91 Å². The average molecular weight is 449 g/mol. The van der Waals surface area contributed by atoms with Gasteiger partial charge in [0.1, 0.15) is 12.1 Å². The van der Waals surface area contributed by atoms with E-state index in [1.165, 1.54) is 24.2 Å². The summed E-state index contributed by atoms with van der Waals surface area (Å²) in [5.74, 6) is -0.198. The summed E-state index contributed by atoms with van der Waals surface area (Å²) in [5.41, 5.74) is 1.41. The summed E-state index contributed by atoms with van der Waals surface area (Å²) in [4.78, 5) is 24.5. The molecule has 0 spiro atoms. The number of benzene rings is 2. The molecule has 0 aliphatic heterocycles. The van der Waals surface area contributed by atoms with Crippen molar-refractivity contribution in [3.8, 4) is 11.4 Å². The van der Waals surface area contributed by atoms with Crippen LogP contribution in [0.4, 0.5) is 5.69 Å². The number of tetrazole rings is 1. The maximum Gasteiger partial charge on any atom is 0.255 e. The van der Waals surface area contributed by atoms with Crippen LogP contribution >= 0.6 is 23.2 Å². The van der Waals surface area contributed by atoms with Crippen LogP contribution in [0.3, 0.4) is 0 Å². The molecule has 2 amide bonds. The minimum atomic E-state index is -0.366. The summed E-state index contributed by atoms with van der Waals surface area (Å²) < 4.78 is 6.67. The van der Waals surface area contributed by atoms with Gasteiger partial charge in [0.2, 0.25) is 5.91 Å². The molecule has 1 heterocycles. The molecule has 11 heteroatoms. The highest BCUT2D eigenvalue weighted by Gasteiger charge is 2.17. The molecular formula is C19H18Cl2N6O3. The normalized spacial score (nSPS) is 10.5. The third-order valence-corrected chi connectivity index (χ3v) is 4.66. The number of rotatable bonds is 8. The maximum atomic E-state index is 12.5. The molecule has 0 unspecified atom stereocenters. The van der Waals surface area contributed by atoms with E-state index in [1.54, 1.807) is 30.3 Å². The van der Waals surface area contributed by atoms with E-state index in [0.717, 1.165) is 0 Å². The number of carbonyl (C=O) groups excluding carboxylic acids is 2. The number of anilines is 1. The van der Waals surface area contributed by atoms with Crippen LogP contribution in [0.2, 0.25) is 10.0 Å². The first-order valence-corrected chi connectivity index (χ1v) is 9.68. The smallest absolute Gasteiger partial charge is 0.255 e. The Labute approximate surface area is 182 Å². The maximum absolute atomic E-state index is 12.5. The van der Waals surface area contributed by atoms with Gasteiger partial charge < -0.3 is 15.4 Å². The van der Waals surface area contributed by atoms with Crippen molar-refractivity contribution in [1.82, 2.24) is 25.5 Å². The monoisotopic (exact) mass is 448 g/mol. The first-order chi connectivity index (χ1) is 14.5. The largest absolute Gasteiger partial charge is 0.496 e. The van der Waals surface area contributed by atoms with Crippen LogP contribution in [0, 0.1) is 0 Å². The van der Waals surface area contributed by atoms with Crippen molar-refractivity contribution in [1.29, 1.82) is 0 Å². The Hall–Kier alpha value is -3.17. The highest BCUT2D eigenvalue weighted by molar-refractivity contribution is 6.33. The quantitative estimate of drug-likeness (QED) is 0.512. The highest BCUT2D eigenvalue weighted by atomic mass is 35.5. The van der Waals surface area contributed by atoms with Gasteiger partial charge in [-0.15, -0.1) is 5.10 Å².